The second-order valence-electron chi connectivity index (χ2n) is 7.63. The van der Waals surface area contributed by atoms with Gasteiger partial charge in [0.25, 0.3) is 0 Å². The second-order valence-corrected chi connectivity index (χ2v) is 8.51. The Morgan fingerprint density at radius 3 is 2.25 bits per heavy atom. The molecule has 3 fully saturated rings. The number of hydrogen-bond acceptors (Lipinski definition) is 3. The fourth-order valence-electron chi connectivity index (χ4n) is 5.18. The number of carbonyl (C=O) groups excluding carboxylic acids is 2. The van der Waals surface area contributed by atoms with Crippen LogP contribution in [0.3, 0.4) is 0 Å². The molecule has 144 valence electrons. The first-order valence-corrected chi connectivity index (χ1v) is 10.1. The normalized spacial score (nSPS) is 29.5. The molecule has 2 amide bonds. The van der Waals surface area contributed by atoms with E-state index < -0.39 is 11.8 Å². The lowest BCUT2D eigenvalue weighted by molar-refractivity contribution is -0.123. The molecule has 2 aromatic carbocycles. The molecule has 3 aliphatic rings. The van der Waals surface area contributed by atoms with Gasteiger partial charge in [0.2, 0.25) is 11.8 Å². The molecule has 3 aliphatic heterocycles. The van der Waals surface area contributed by atoms with E-state index in [-0.39, 0.29) is 29.7 Å². The lowest BCUT2D eigenvalue weighted by atomic mass is 9.85. The van der Waals surface area contributed by atoms with Crippen LogP contribution in [-0.2, 0) is 9.59 Å². The number of anilines is 1. The average molecular weight is 419 g/mol. The first-order chi connectivity index (χ1) is 13.5. The van der Waals surface area contributed by atoms with Gasteiger partial charge >= 0.3 is 0 Å². The molecule has 3 saturated heterocycles. The van der Waals surface area contributed by atoms with Crippen LogP contribution in [0.1, 0.15) is 24.4 Å². The highest BCUT2D eigenvalue weighted by Crippen LogP contribution is 2.53. The van der Waals surface area contributed by atoms with Crippen LogP contribution in [0.5, 0.6) is 0 Å². The van der Waals surface area contributed by atoms with E-state index >= 15 is 0 Å². The fraction of sp³-hybridized carbons (Fsp3) is 0.333. The number of nitrogens with zero attached hydrogens (tertiary/aromatic N) is 2. The third-order valence-corrected chi connectivity index (χ3v) is 6.61. The minimum absolute atomic E-state index is 0.0242. The minimum atomic E-state index is -0.485. The van der Waals surface area contributed by atoms with Crippen LogP contribution in [0.2, 0.25) is 10.0 Å². The zero-order valence-electron chi connectivity index (χ0n) is 14.8. The molecular formula is C21H17Cl2FN2O2. The average Bonchev–Trinajstić information content (AvgIpc) is 3.27. The van der Waals surface area contributed by atoms with Gasteiger partial charge in [0.05, 0.1) is 17.5 Å². The van der Waals surface area contributed by atoms with Crippen LogP contribution in [0.15, 0.2) is 42.5 Å². The van der Waals surface area contributed by atoms with Gasteiger partial charge in [-0.25, -0.2) is 9.29 Å². The van der Waals surface area contributed by atoms with Crippen LogP contribution < -0.4 is 4.90 Å². The number of carbonyl (C=O) groups is 2. The van der Waals surface area contributed by atoms with E-state index in [0.717, 1.165) is 24.9 Å². The summed E-state index contributed by atoms with van der Waals surface area (Å²) in [6.07, 6.45) is 1.86. The van der Waals surface area contributed by atoms with Crippen molar-refractivity contribution in [2.75, 3.05) is 11.4 Å². The van der Waals surface area contributed by atoms with Crippen molar-refractivity contribution in [3.05, 3.63) is 63.9 Å². The molecule has 0 aliphatic carbocycles. The van der Waals surface area contributed by atoms with Gasteiger partial charge < -0.3 is 0 Å². The van der Waals surface area contributed by atoms with E-state index in [0.29, 0.717) is 15.7 Å². The molecule has 5 rings (SSSR count). The lowest BCUT2D eigenvalue weighted by Gasteiger charge is -2.29. The van der Waals surface area contributed by atoms with Gasteiger partial charge in [-0.1, -0.05) is 35.3 Å². The summed E-state index contributed by atoms with van der Waals surface area (Å²) in [6.45, 7) is 0.837. The standard InChI is InChI=1S/C21H17Cl2FN2O2/c22-12-8-13(23)10-15(9-12)26-20(27)17-16-2-1-7-25(16)19(18(17)21(26)28)11-3-5-14(24)6-4-11/h3-6,8-10,16-19H,1-2,7H2. The van der Waals surface area contributed by atoms with Crippen LogP contribution >= 0.6 is 23.2 Å². The summed E-state index contributed by atoms with van der Waals surface area (Å²) in [5, 5.41) is 0.746. The van der Waals surface area contributed by atoms with Gasteiger partial charge in [0.1, 0.15) is 5.82 Å². The van der Waals surface area contributed by atoms with Crippen molar-refractivity contribution in [1.82, 2.24) is 4.90 Å². The molecule has 0 bridgehead atoms. The van der Waals surface area contributed by atoms with E-state index in [1.165, 1.54) is 17.0 Å². The summed E-state index contributed by atoms with van der Waals surface area (Å²) in [7, 11) is 0. The second kappa shape index (κ2) is 6.55. The van der Waals surface area contributed by atoms with Crippen LogP contribution in [0, 0.1) is 17.7 Å². The van der Waals surface area contributed by atoms with Crippen molar-refractivity contribution in [2.24, 2.45) is 11.8 Å². The number of hydrogen-bond donors (Lipinski definition) is 0. The van der Waals surface area contributed by atoms with Crippen LogP contribution in [0.4, 0.5) is 10.1 Å². The maximum absolute atomic E-state index is 13.4. The number of halogens is 3. The van der Waals surface area contributed by atoms with E-state index in [1.807, 2.05) is 0 Å². The smallest absolute Gasteiger partial charge is 0.239 e. The maximum atomic E-state index is 13.4. The summed E-state index contributed by atoms with van der Waals surface area (Å²) in [5.74, 6) is -1.64. The van der Waals surface area contributed by atoms with Crippen molar-refractivity contribution < 1.29 is 14.0 Å². The molecule has 2 aromatic rings. The Morgan fingerprint density at radius 1 is 0.929 bits per heavy atom. The molecular weight excluding hydrogens is 402 g/mol. The molecule has 3 heterocycles. The van der Waals surface area contributed by atoms with Crippen LogP contribution in [-0.4, -0.2) is 29.3 Å². The van der Waals surface area contributed by atoms with Gasteiger partial charge in [0.15, 0.2) is 0 Å². The number of amides is 2. The fourth-order valence-corrected chi connectivity index (χ4v) is 5.70. The third kappa shape index (κ3) is 2.60. The molecule has 4 unspecified atom stereocenters. The lowest BCUT2D eigenvalue weighted by Crippen LogP contribution is -2.39. The summed E-state index contributed by atoms with van der Waals surface area (Å²) < 4.78 is 13.4. The predicted molar refractivity (Wildman–Crippen MR) is 105 cm³/mol. The Labute approximate surface area is 171 Å². The first kappa shape index (κ1) is 18.1. The first-order valence-electron chi connectivity index (χ1n) is 9.31. The largest absolute Gasteiger partial charge is 0.292 e. The predicted octanol–water partition coefficient (Wildman–Crippen LogP) is 4.46. The highest BCUT2D eigenvalue weighted by Gasteiger charge is 2.63. The number of imide groups is 1. The highest BCUT2D eigenvalue weighted by molar-refractivity contribution is 6.35. The Balaban J connectivity index is 1.59. The maximum Gasteiger partial charge on any atom is 0.239 e. The Morgan fingerprint density at radius 2 is 1.57 bits per heavy atom. The minimum Gasteiger partial charge on any atom is -0.292 e. The molecule has 0 N–H and O–H groups in total. The summed E-state index contributed by atoms with van der Waals surface area (Å²) in [4.78, 5) is 30.2. The zero-order valence-corrected chi connectivity index (χ0v) is 16.3. The molecule has 7 heteroatoms. The third-order valence-electron chi connectivity index (χ3n) is 6.17. The summed E-state index contributed by atoms with van der Waals surface area (Å²) in [5.41, 5.74) is 1.28. The Bertz CT molecular complexity index is 961. The zero-order chi connectivity index (χ0) is 19.6. The monoisotopic (exact) mass is 418 g/mol. The molecule has 4 nitrogen and oxygen atoms in total. The van der Waals surface area contributed by atoms with Crippen molar-refractivity contribution in [3.63, 3.8) is 0 Å². The van der Waals surface area contributed by atoms with Gasteiger partial charge in [-0.15, -0.1) is 0 Å². The molecule has 0 aromatic heterocycles. The summed E-state index contributed by atoms with van der Waals surface area (Å²) in [6, 6.07) is 10.8. The molecule has 4 atom stereocenters. The van der Waals surface area contributed by atoms with Gasteiger partial charge in [-0.3, -0.25) is 14.5 Å². The van der Waals surface area contributed by atoms with E-state index in [1.54, 1.807) is 30.3 Å². The van der Waals surface area contributed by atoms with Crippen molar-refractivity contribution in [3.8, 4) is 0 Å². The van der Waals surface area contributed by atoms with Crippen molar-refractivity contribution in [1.29, 1.82) is 0 Å². The Kier molecular flexibility index (Phi) is 4.23. The Hall–Kier alpha value is -1.95. The van der Waals surface area contributed by atoms with E-state index in [2.05, 4.69) is 4.90 Å². The molecule has 28 heavy (non-hydrogen) atoms. The topological polar surface area (TPSA) is 40.6 Å². The van der Waals surface area contributed by atoms with Crippen molar-refractivity contribution >= 4 is 40.7 Å². The van der Waals surface area contributed by atoms with Crippen LogP contribution in [0.25, 0.3) is 0 Å². The van der Waals surface area contributed by atoms with E-state index in [4.69, 9.17) is 23.2 Å². The number of rotatable bonds is 2. The molecule has 0 saturated carbocycles. The number of fused-ring (bicyclic) bond motifs is 3. The van der Waals surface area contributed by atoms with Gasteiger partial charge in [-0.05, 0) is 55.3 Å². The SMILES string of the molecule is O=C1C2C(C(=O)N1c1cc(Cl)cc(Cl)c1)C(c1ccc(F)cc1)N1CCCC21. The summed E-state index contributed by atoms with van der Waals surface area (Å²) >= 11 is 12.2. The quantitative estimate of drug-likeness (QED) is 0.676. The highest BCUT2D eigenvalue weighted by atomic mass is 35.5. The van der Waals surface area contributed by atoms with Gasteiger partial charge in [0, 0.05) is 22.1 Å². The van der Waals surface area contributed by atoms with Crippen molar-refractivity contribution in [2.45, 2.75) is 24.9 Å². The van der Waals surface area contributed by atoms with Gasteiger partial charge in [-0.2, -0.15) is 0 Å². The number of benzene rings is 2. The molecule has 0 spiro atoms. The van der Waals surface area contributed by atoms with E-state index in [9.17, 15) is 14.0 Å². The molecule has 0 radical (unpaired) electrons.